The lowest BCUT2D eigenvalue weighted by atomic mass is 10.2. The number of fused-ring (bicyclic) bond motifs is 1. The molecule has 0 atom stereocenters. The Morgan fingerprint density at radius 3 is 2.67 bits per heavy atom. The van der Waals surface area contributed by atoms with Crippen LogP contribution in [0.3, 0.4) is 0 Å². The fourth-order valence-electron chi connectivity index (χ4n) is 1.99. The Morgan fingerprint density at radius 2 is 1.94 bits per heavy atom. The molecule has 0 aliphatic carbocycles. The van der Waals surface area contributed by atoms with E-state index in [1.54, 1.807) is 0 Å². The molecule has 1 aromatic carbocycles. The SMILES string of the molecule is NCc1ccn2c(-c3ccc(Cl)cc3)ncc2c1. The van der Waals surface area contributed by atoms with E-state index in [1.807, 2.05) is 53.2 Å². The summed E-state index contributed by atoms with van der Waals surface area (Å²) in [5.74, 6) is 0.908. The molecule has 3 nitrogen and oxygen atoms in total. The van der Waals surface area contributed by atoms with Crippen molar-refractivity contribution >= 4 is 17.1 Å². The summed E-state index contributed by atoms with van der Waals surface area (Å²) in [6.07, 6.45) is 3.84. The van der Waals surface area contributed by atoms with E-state index in [0.29, 0.717) is 6.54 Å². The third kappa shape index (κ3) is 1.88. The summed E-state index contributed by atoms with van der Waals surface area (Å²) in [6, 6.07) is 11.7. The van der Waals surface area contributed by atoms with Crippen molar-refractivity contribution in [1.82, 2.24) is 9.38 Å². The van der Waals surface area contributed by atoms with Crippen LogP contribution in [0.1, 0.15) is 5.56 Å². The van der Waals surface area contributed by atoms with Gasteiger partial charge in [0, 0.05) is 23.3 Å². The summed E-state index contributed by atoms with van der Waals surface area (Å²) in [4.78, 5) is 4.45. The van der Waals surface area contributed by atoms with Gasteiger partial charge in [0.25, 0.3) is 0 Å². The third-order valence-corrected chi connectivity index (χ3v) is 3.19. The molecule has 4 heteroatoms. The van der Waals surface area contributed by atoms with Gasteiger partial charge in [-0.3, -0.25) is 4.40 Å². The predicted molar refractivity (Wildman–Crippen MR) is 73.5 cm³/mol. The van der Waals surface area contributed by atoms with Crippen molar-refractivity contribution in [2.75, 3.05) is 0 Å². The van der Waals surface area contributed by atoms with Gasteiger partial charge in [0.2, 0.25) is 0 Å². The molecule has 0 bridgehead atoms. The maximum Gasteiger partial charge on any atom is 0.144 e. The van der Waals surface area contributed by atoms with Crippen molar-refractivity contribution in [3.8, 4) is 11.4 Å². The van der Waals surface area contributed by atoms with Gasteiger partial charge in [-0.05, 0) is 42.0 Å². The maximum absolute atomic E-state index is 5.89. The van der Waals surface area contributed by atoms with Crippen LogP contribution in [0.15, 0.2) is 48.8 Å². The number of rotatable bonds is 2. The van der Waals surface area contributed by atoms with E-state index in [1.165, 1.54) is 0 Å². The minimum absolute atomic E-state index is 0.540. The van der Waals surface area contributed by atoms with E-state index in [0.717, 1.165) is 27.5 Å². The van der Waals surface area contributed by atoms with Crippen LogP contribution in [0.5, 0.6) is 0 Å². The zero-order valence-corrected chi connectivity index (χ0v) is 10.4. The molecule has 0 unspecified atom stereocenters. The topological polar surface area (TPSA) is 43.3 Å². The average Bonchev–Trinajstić information content (AvgIpc) is 2.82. The van der Waals surface area contributed by atoms with E-state index < -0.39 is 0 Å². The number of nitrogens with zero attached hydrogens (tertiary/aromatic N) is 2. The molecule has 90 valence electrons. The highest BCUT2D eigenvalue weighted by Gasteiger charge is 2.06. The lowest BCUT2D eigenvalue weighted by Gasteiger charge is -2.03. The van der Waals surface area contributed by atoms with E-state index in [4.69, 9.17) is 17.3 Å². The minimum Gasteiger partial charge on any atom is -0.326 e. The van der Waals surface area contributed by atoms with Gasteiger partial charge in [-0.1, -0.05) is 11.6 Å². The fourth-order valence-corrected chi connectivity index (χ4v) is 2.11. The monoisotopic (exact) mass is 257 g/mol. The number of imidazole rings is 1. The Balaban J connectivity index is 2.15. The molecule has 0 aliphatic heterocycles. The Labute approximate surface area is 110 Å². The van der Waals surface area contributed by atoms with Gasteiger partial charge in [-0.15, -0.1) is 0 Å². The zero-order valence-electron chi connectivity index (χ0n) is 9.68. The highest BCUT2D eigenvalue weighted by Crippen LogP contribution is 2.22. The smallest absolute Gasteiger partial charge is 0.144 e. The molecule has 0 aliphatic rings. The summed E-state index contributed by atoms with van der Waals surface area (Å²) in [5, 5.41) is 0.727. The summed E-state index contributed by atoms with van der Waals surface area (Å²) in [7, 11) is 0. The van der Waals surface area contributed by atoms with Crippen molar-refractivity contribution < 1.29 is 0 Å². The third-order valence-electron chi connectivity index (χ3n) is 2.93. The first-order valence-corrected chi connectivity index (χ1v) is 6.08. The van der Waals surface area contributed by atoms with Gasteiger partial charge in [0.15, 0.2) is 0 Å². The van der Waals surface area contributed by atoms with Gasteiger partial charge < -0.3 is 5.73 Å². The first-order chi connectivity index (χ1) is 8.78. The van der Waals surface area contributed by atoms with Crippen LogP contribution >= 0.6 is 11.6 Å². The normalized spacial score (nSPS) is 11.0. The molecule has 3 rings (SSSR count). The highest BCUT2D eigenvalue weighted by molar-refractivity contribution is 6.30. The maximum atomic E-state index is 5.89. The van der Waals surface area contributed by atoms with E-state index >= 15 is 0 Å². The summed E-state index contributed by atoms with van der Waals surface area (Å²) < 4.78 is 2.04. The summed E-state index contributed by atoms with van der Waals surface area (Å²) in [6.45, 7) is 0.540. The van der Waals surface area contributed by atoms with Crippen LogP contribution in [0.25, 0.3) is 16.9 Å². The molecule has 0 spiro atoms. The van der Waals surface area contributed by atoms with E-state index in [2.05, 4.69) is 4.98 Å². The molecule has 2 aromatic heterocycles. The molecular weight excluding hydrogens is 246 g/mol. The van der Waals surface area contributed by atoms with Crippen molar-refractivity contribution in [2.45, 2.75) is 6.54 Å². The summed E-state index contributed by atoms with van der Waals surface area (Å²) >= 11 is 5.89. The Bertz CT molecular complexity index is 686. The second-order valence-corrected chi connectivity index (χ2v) is 4.56. The molecule has 2 N–H and O–H groups in total. The Hall–Kier alpha value is -1.84. The average molecular weight is 258 g/mol. The number of nitrogens with two attached hydrogens (primary N) is 1. The highest BCUT2D eigenvalue weighted by atomic mass is 35.5. The zero-order chi connectivity index (χ0) is 12.5. The number of aromatic nitrogens is 2. The Kier molecular flexibility index (Phi) is 2.78. The lowest BCUT2D eigenvalue weighted by Crippen LogP contribution is -1.97. The standard InChI is InChI=1S/C14H12ClN3/c15-12-3-1-11(2-4-12)14-17-9-13-7-10(8-16)5-6-18(13)14/h1-7,9H,8,16H2. The largest absolute Gasteiger partial charge is 0.326 e. The predicted octanol–water partition coefficient (Wildman–Crippen LogP) is 3.11. The molecule has 2 heterocycles. The van der Waals surface area contributed by atoms with Crippen molar-refractivity contribution in [3.05, 3.63) is 59.4 Å². The molecule has 3 aromatic rings. The molecule has 0 saturated heterocycles. The first kappa shape index (κ1) is 11.3. The van der Waals surface area contributed by atoms with E-state index in [9.17, 15) is 0 Å². The van der Waals surface area contributed by atoms with Gasteiger partial charge in [0.05, 0.1) is 11.7 Å². The molecule has 0 fully saturated rings. The van der Waals surface area contributed by atoms with E-state index in [-0.39, 0.29) is 0 Å². The van der Waals surface area contributed by atoms with Crippen LogP contribution in [0.2, 0.25) is 5.02 Å². The van der Waals surface area contributed by atoms with Crippen LogP contribution in [-0.2, 0) is 6.54 Å². The van der Waals surface area contributed by atoms with Crippen LogP contribution < -0.4 is 5.73 Å². The quantitative estimate of drug-likeness (QED) is 0.767. The molecule has 0 saturated carbocycles. The minimum atomic E-state index is 0.540. The van der Waals surface area contributed by atoms with Gasteiger partial charge in [-0.2, -0.15) is 0 Å². The van der Waals surface area contributed by atoms with Crippen LogP contribution in [0.4, 0.5) is 0 Å². The number of benzene rings is 1. The van der Waals surface area contributed by atoms with Gasteiger partial charge >= 0.3 is 0 Å². The second kappa shape index (κ2) is 4.44. The Morgan fingerprint density at radius 1 is 1.17 bits per heavy atom. The molecule has 18 heavy (non-hydrogen) atoms. The number of pyridine rings is 1. The molecule has 0 radical (unpaired) electrons. The number of hydrogen-bond acceptors (Lipinski definition) is 2. The number of hydrogen-bond donors (Lipinski definition) is 1. The van der Waals surface area contributed by atoms with Gasteiger partial charge in [-0.25, -0.2) is 4.98 Å². The molecular formula is C14H12ClN3. The summed E-state index contributed by atoms with van der Waals surface area (Å²) in [5.41, 5.74) is 8.82. The van der Waals surface area contributed by atoms with Crippen molar-refractivity contribution in [2.24, 2.45) is 5.73 Å². The fraction of sp³-hybridized carbons (Fsp3) is 0.0714. The number of halogens is 1. The van der Waals surface area contributed by atoms with Crippen LogP contribution in [-0.4, -0.2) is 9.38 Å². The van der Waals surface area contributed by atoms with Crippen molar-refractivity contribution in [3.63, 3.8) is 0 Å². The first-order valence-electron chi connectivity index (χ1n) is 5.70. The van der Waals surface area contributed by atoms with Crippen molar-refractivity contribution in [1.29, 1.82) is 0 Å². The van der Waals surface area contributed by atoms with Crippen LogP contribution in [0, 0.1) is 0 Å². The lowest BCUT2D eigenvalue weighted by molar-refractivity contribution is 1.05. The van der Waals surface area contributed by atoms with Gasteiger partial charge in [0.1, 0.15) is 5.82 Å². The second-order valence-electron chi connectivity index (χ2n) is 4.12. The molecule has 0 amide bonds.